The van der Waals surface area contributed by atoms with Crippen LogP contribution in [-0.4, -0.2) is 33.5 Å². The smallest absolute Gasteiger partial charge is 0.261 e. The van der Waals surface area contributed by atoms with E-state index in [1.165, 1.54) is 18.5 Å². The SMILES string of the molecule is CNS(=O)(=O)c1csc(C(=O)NCC(C)(C)N)c1. The minimum Gasteiger partial charge on any atom is -0.350 e. The maximum Gasteiger partial charge on any atom is 0.261 e. The largest absolute Gasteiger partial charge is 0.350 e. The molecular weight excluding hydrogens is 274 g/mol. The Hall–Kier alpha value is -0.960. The molecule has 1 heterocycles. The van der Waals surface area contributed by atoms with Gasteiger partial charge in [0, 0.05) is 17.5 Å². The van der Waals surface area contributed by atoms with Crippen molar-refractivity contribution in [2.24, 2.45) is 5.73 Å². The van der Waals surface area contributed by atoms with Crippen molar-refractivity contribution in [3.8, 4) is 0 Å². The maximum atomic E-state index is 11.7. The number of carbonyl (C=O) groups excluding carboxylic acids is 1. The zero-order valence-electron chi connectivity index (χ0n) is 10.5. The van der Waals surface area contributed by atoms with E-state index in [-0.39, 0.29) is 10.8 Å². The maximum absolute atomic E-state index is 11.7. The molecular formula is C10H17N3O3S2. The van der Waals surface area contributed by atoms with Crippen molar-refractivity contribution in [1.29, 1.82) is 0 Å². The summed E-state index contributed by atoms with van der Waals surface area (Å²) < 4.78 is 25.2. The van der Waals surface area contributed by atoms with Gasteiger partial charge in [-0.25, -0.2) is 13.1 Å². The van der Waals surface area contributed by atoms with Crippen LogP contribution in [0.3, 0.4) is 0 Å². The number of sulfonamides is 1. The standard InChI is InChI=1S/C10H17N3O3S2/c1-10(2,11)6-13-9(14)8-4-7(5-17-8)18(15,16)12-3/h4-5,12H,6,11H2,1-3H3,(H,13,14). The van der Waals surface area contributed by atoms with E-state index >= 15 is 0 Å². The first kappa shape index (κ1) is 15.1. The number of hydrogen-bond acceptors (Lipinski definition) is 5. The molecule has 1 amide bonds. The lowest BCUT2D eigenvalue weighted by atomic mass is 10.1. The molecule has 0 radical (unpaired) electrons. The summed E-state index contributed by atoms with van der Waals surface area (Å²) in [6.45, 7) is 3.90. The number of amides is 1. The van der Waals surface area contributed by atoms with Gasteiger partial charge in [-0.3, -0.25) is 4.79 Å². The van der Waals surface area contributed by atoms with Crippen molar-refractivity contribution in [3.05, 3.63) is 16.3 Å². The second kappa shape index (κ2) is 5.35. The predicted molar refractivity (Wildman–Crippen MR) is 71.2 cm³/mol. The van der Waals surface area contributed by atoms with E-state index in [9.17, 15) is 13.2 Å². The topological polar surface area (TPSA) is 101 Å². The molecule has 102 valence electrons. The number of nitrogens with two attached hydrogens (primary N) is 1. The summed E-state index contributed by atoms with van der Waals surface area (Å²) >= 11 is 1.08. The molecule has 0 aliphatic heterocycles. The molecule has 0 fully saturated rings. The molecule has 0 spiro atoms. The minimum atomic E-state index is -3.50. The Kier molecular flexibility index (Phi) is 4.49. The molecule has 1 aromatic heterocycles. The molecule has 0 saturated carbocycles. The van der Waals surface area contributed by atoms with Crippen molar-refractivity contribution >= 4 is 27.3 Å². The molecule has 0 atom stereocenters. The highest BCUT2D eigenvalue weighted by Crippen LogP contribution is 2.18. The highest BCUT2D eigenvalue weighted by molar-refractivity contribution is 7.89. The predicted octanol–water partition coefficient (Wildman–Crippen LogP) is 0.123. The molecule has 8 heteroatoms. The summed E-state index contributed by atoms with van der Waals surface area (Å²) in [6.07, 6.45) is 0. The first-order valence-corrected chi connectivity index (χ1v) is 7.61. The summed E-state index contributed by atoms with van der Waals surface area (Å²) in [5, 5.41) is 4.08. The molecule has 0 aliphatic rings. The van der Waals surface area contributed by atoms with Gasteiger partial charge < -0.3 is 11.1 Å². The van der Waals surface area contributed by atoms with Crippen LogP contribution in [0.1, 0.15) is 23.5 Å². The van der Waals surface area contributed by atoms with Crippen molar-refractivity contribution < 1.29 is 13.2 Å². The van der Waals surface area contributed by atoms with Gasteiger partial charge in [-0.1, -0.05) is 0 Å². The quantitative estimate of drug-likeness (QED) is 0.717. The fraction of sp³-hybridized carbons (Fsp3) is 0.500. The van der Waals surface area contributed by atoms with Gasteiger partial charge in [0.15, 0.2) is 0 Å². The molecule has 6 nitrogen and oxygen atoms in total. The normalized spacial score (nSPS) is 12.4. The Morgan fingerprint density at radius 3 is 2.61 bits per heavy atom. The molecule has 0 aromatic carbocycles. The fourth-order valence-corrected chi connectivity index (χ4v) is 3.01. The van der Waals surface area contributed by atoms with E-state index in [0.717, 1.165) is 11.3 Å². The molecule has 1 rings (SSSR count). The van der Waals surface area contributed by atoms with Crippen LogP contribution in [-0.2, 0) is 10.0 Å². The molecule has 1 aromatic rings. The van der Waals surface area contributed by atoms with Crippen LogP contribution in [0.15, 0.2) is 16.3 Å². The van der Waals surface area contributed by atoms with Crippen molar-refractivity contribution in [2.75, 3.05) is 13.6 Å². The van der Waals surface area contributed by atoms with Crippen molar-refractivity contribution in [2.45, 2.75) is 24.3 Å². The van der Waals surface area contributed by atoms with Gasteiger partial charge in [0.25, 0.3) is 5.91 Å². The number of carbonyl (C=O) groups is 1. The Labute approximate surface area is 111 Å². The van der Waals surface area contributed by atoms with Crippen LogP contribution in [0.25, 0.3) is 0 Å². The number of rotatable bonds is 5. The zero-order valence-corrected chi connectivity index (χ0v) is 12.1. The van der Waals surface area contributed by atoms with Gasteiger partial charge in [-0.15, -0.1) is 11.3 Å². The van der Waals surface area contributed by atoms with E-state index in [1.54, 1.807) is 13.8 Å². The van der Waals surface area contributed by atoms with Crippen LogP contribution in [0.5, 0.6) is 0 Å². The lowest BCUT2D eigenvalue weighted by Crippen LogP contribution is -2.44. The minimum absolute atomic E-state index is 0.0900. The van der Waals surface area contributed by atoms with Crippen LogP contribution >= 0.6 is 11.3 Å². The number of hydrogen-bond donors (Lipinski definition) is 3. The second-order valence-corrected chi connectivity index (χ2v) is 7.32. The van der Waals surface area contributed by atoms with E-state index < -0.39 is 15.6 Å². The summed E-state index contributed by atoms with van der Waals surface area (Å²) in [5.74, 6) is -0.323. The molecule has 4 N–H and O–H groups in total. The van der Waals surface area contributed by atoms with E-state index in [4.69, 9.17) is 5.73 Å². The third kappa shape index (κ3) is 4.05. The van der Waals surface area contributed by atoms with Gasteiger partial charge in [-0.05, 0) is 27.0 Å². The van der Waals surface area contributed by atoms with Gasteiger partial charge in [0.05, 0.1) is 9.77 Å². The highest BCUT2D eigenvalue weighted by Gasteiger charge is 2.18. The van der Waals surface area contributed by atoms with E-state index in [2.05, 4.69) is 10.0 Å². The molecule has 0 unspecified atom stereocenters. The third-order valence-electron chi connectivity index (χ3n) is 2.08. The summed E-state index contributed by atoms with van der Waals surface area (Å²) in [5.41, 5.74) is 5.23. The Bertz CT molecular complexity index is 529. The second-order valence-electron chi connectivity index (χ2n) is 4.53. The third-order valence-corrected chi connectivity index (χ3v) is 4.55. The monoisotopic (exact) mass is 291 g/mol. The van der Waals surface area contributed by atoms with Crippen LogP contribution < -0.4 is 15.8 Å². The number of nitrogens with one attached hydrogen (secondary N) is 2. The van der Waals surface area contributed by atoms with E-state index in [0.29, 0.717) is 11.4 Å². The van der Waals surface area contributed by atoms with Crippen LogP contribution in [0.2, 0.25) is 0 Å². The average Bonchev–Trinajstić information content (AvgIpc) is 2.74. The fourth-order valence-electron chi connectivity index (χ4n) is 1.09. The van der Waals surface area contributed by atoms with Gasteiger partial charge in [0.2, 0.25) is 10.0 Å². The van der Waals surface area contributed by atoms with Crippen molar-refractivity contribution in [1.82, 2.24) is 10.0 Å². The molecule has 18 heavy (non-hydrogen) atoms. The Morgan fingerprint density at radius 2 is 2.11 bits per heavy atom. The van der Waals surface area contributed by atoms with E-state index in [1.807, 2.05) is 0 Å². The average molecular weight is 291 g/mol. The number of thiophene rings is 1. The highest BCUT2D eigenvalue weighted by atomic mass is 32.2. The van der Waals surface area contributed by atoms with Crippen molar-refractivity contribution in [3.63, 3.8) is 0 Å². The lowest BCUT2D eigenvalue weighted by molar-refractivity contribution is 0.0950. The Balaban J connectivity index is 2.78. The van der Waals surface area contributed by atoms with Gasteiger partial charge >= 0.3 is 0 Å². The molecule has 0 bridgehead atoms. The van der Waals surface area contributed by atoms with Gasteiger partial charge in [-0.2, -0.15) is 0 Å². The van der Waals surface area contributed by atoms with Crippen LogP contribution in [0.4, 0.5) is 0 Å². The van der Waals surface area contributed by atoms with Gasteiger partial charge in [0.1, 0.15) is 0 Å². The zero-order chi connectivity index (χ0) is 14.0. The molecule has 0 saturated heterocycles. The Morgan fingerprint density at radius 1 is 1.50 bits per heavy atom. The van der Waals surface area contributed by atoms with Crippen LogP contribution in [0, 0.1) is 0 Å². The summed E-state index contributed by atoms with van der Waals surface area (Å²) in [7, 11) is -2.18. The summed E-state index contributed by atoms with van der Waals surface area (Å²) in [6, 6.07) is 1.34. The lowest BCUT2D eigenvalue weighted by Gasteiger charge is -2.18. The first-order chi connectivity index (χ1) is 8.15. The summed E-state index contributed by atoms with van der Waals surface area (Å²) in [4.78, 5) is 12.2. The molecule has 0 aliphatic carbocycles. The first-order valence-electron chi connectivity index (χ1n) is 5.25.